The SMILES string of the molecule is COCCOC1C(=O)CC1Oc1cc(F)ccc1C. The van der Waals surface area contributed by atoms with Crippen LogP contribution < -0.4 is 4.74 Å². The van der Waals surface area contributed by atoms with E-state index in [1.54, 1.807) is 13.2 Å². The molecule has 1 aromatic carbocycles. The van der Waals surface area contributed by atoms with Gasteiger partial charge >= 0.3 is 0 Å². The topological polar surface area (TPSA) is 44.8 Å². The van der Waals surface area contributed by atoms with Crippen molar-refractivity contribution in [2.24, 2.45) is 0 Å². The molecule has 0 bridgehead atoms. The Morgan fingerprint density at radius 3 is 2.84 bits per heavy atom. The van der Waals surface area contributed by atoms with Gasteiger partial charge in [-0.2, -0.15) is 0 Å². The number of methoxy groups -OCH3 is 1. The molecular formula is C14H17FO4. The third-order valence-corrected chi connectivity index (χ3v) is 3.07. The van der Waals surface area contributed by atoms with Gasteiger partial charge in [-0.05, 0) is 18.6 Å². The first-order valence-electron chi connectivity index (χ1n) is 6.18. The molecule has 2 rings (SSSR count). The van der Waals surface area contributed by atoms with E-state index in [2.05, 4.69) is 0 Å². The third kappa shape index (κ3) is 3.30. The van der Waals surface area contributed by atoms with Crippen molar-refractivity contribution >= 4 is 5.78 Å². The number of ketones is 1. The Labute approximate surface area is 111 Å². The molecule has 1 fully saturated rings. The van der Waals surface area contributed by atoms with E-state index in [1.165, 1.54) is 12.1 Å². The molecule has 2 atom stereocenters. The first kappa shape index (κ1) is 14.0. The average molecular weight is 268 g/mol. The number of aryl methyl sites for hydroxylation is 1. The summed E-state index contributed by atoms with van der Waals surface area (Å²) in [5.41, 5.74) is 0.830. The minimum Gasteiger partial charge on any atom is -0.486 e. The van der Waals surface area contributed by atoms with Crippen molar-refractivity contribution < 1.29 is 23.4 Å². The van der Waals surface area contributed by atoms with Gasteiger partial charge in [0.1, 0.15) is 17.7 Å². The summed E-state index contributed by atoms with van der Waals surface area (Å²) in [7, 11) is 1.57. The lowest BCUT2D eigenvalue weighted by atomic mass is 9.90. The Hall–Kier alpha value is -1.46. The van der Waals surface area contributed by atoms with Crippen molar-refractivity contribution in [2.75, 3.05) is 20.3 Å². The molecular weight excluding hydrogens is 251 g/mol. The maximum Gasteiger partial charge on any atom is 0.169 e. The van der Waals surface area contributed by atoms with E-state index in [-0.39, 0.29) is 17.7 Å². The Balaban J connectivity index is 1.95. The Kier molecular flexibility index (Phi) is 4.50. The molecule has 4 nitrogen and oxygen atoms in total. The van der Waals surface area contributed by atoms with E-state index in [4.69, 9.17) is 14.2 Å². The minimum absolute atomic E-state index is 0.00941. The molecule has 0 spiro atoms. The Bertz CT molecular complexity index is 461. The first-order valence-corrected chi connectivity index (χ1v) is 6.18. The summed E-state index contributed by atoms with van der Waals surface area (Å²) in [5, 5.41) is 0. The summed E-state index contributed by atoms with van der Waals surface area (Å²) in [6.45, 7) is 2.60. The smallest absolute Gasteiger partial charge is 0.169 e. The van der Waals surface area contributed by atoms with E-state index in [9.17, 15) is 9.18 Å². The van der Waals surface area contributed by atoms with Crippen LogP contribution in [0.4, 0.5) is 4.39 Å². The van der Waals surface area contributed by atoms with Gasteiger partial charge in [0.2, 0.25) is 0 Å². The number of benzene rings is 1. The van der Waals surface area contributed by atoms with Crippen LogP contribution in [0.25, 0.3) is 0 Å². The lowest BCUT2D eigenvalue weighted by Crippen LogP contribution is -2.52. The van der Waals surface area contributed by atoms with Gasteiger partial charge in [-0.1, -0.05) is 6.07 Å². The lowest BCUT2D eigenvalue weighted by Gasteiger charge is -2.35. The fourth-order valence-corrected chi connectivity index (χ4v) is 1.89. The zero-order valence-electron chi connectivity index (χ0n) is 11.0. The van der Waals surface area contributed by atoms with Crippen LogP contribution in [0.3, 0.4) is 0 Å². The van der Waals surface area contributed by atoms with Crippen molar-refractivity contribution in [1.29, 1.82) is 0 Å². The second-order valence-corrected chi connectivity index (χ2v) is 4.52. The summed E-state index contributed by atoms with van der Waals surface area (Å²) < 4.78 is 29.0. The number of halogens is 1. The van der Waals surface area contributed by atoms with Crippen LogP contribution in [0.15, 0.2) is 18.2 Å². The minimum atomic E-state index is -0.571. The molecule has 0 amide bonds. The zero-order chi connectivity index (χ0) is 13.8. The standard InChI is InChI=1S/C14H17FO4/c1-9-3-4-10(15)7-12(9)19-13-8-11(16)14(13)18-6-5-17-2/h3-4,7,13-14H,5-6,8H2,1-2H3. The number of rotatable bonds is 6. The van der Waals surface area contributed by atoms with Crippen LogP contribution >= 0.6 is 0 Å². The number of ether oxygens (including phenoxy) is 3. The molecule has 1 aliphatic carbocycles. The van der Waals surface area contributed by atoms with Crippen molar-refractivity contribution in [3.63, 3.8) is 0 Å². The molecule has 0 heterocycles. The maximum atomic E-state index is 13.1. The summed E-state index contributed by atoms with van der Waals surface area (Å²) >= 11 is 0. The van der Waals surface area contributed by atoms with Crippen LogP contribution in [0.2, 0.25) is 0 Å². The molecule has 2 unspecified atom stereocenters. The number of carbonyl (C=O) groups excluding carboxylic acids is 1. The van der Waals surface area contributed by atoms with Crippen LogP contribution in [0, 0.1) is 12.7 Å². The van der Waals surface area contributed by atoms with Gasteiger partial charge in [-0.3, -0.25) is 4.79 Å². The van der Waals surface area contributed by atoms with Crippen molar-refractivity contribution in [1.82, 2.24) is 0 Å². The number of Topliss-reactive ketones (excluding diaryl/α,β-unsaturated/α-hetero) is 1. The summed E-state index contributed by atoms with van der Waals surface area (Å²) in [4.78, 5) is 11.5. The van der Waals surface area contributed by atoms with E-state index >= 15 is 0 Å². The number of hydrogen-bond acceptors (Lipinski definition) is 4. The second-order valence-electron chi connectivity index (χ2n) is 4.52. The van der Waals surface area contributed by atoms with Crippen LogP contribution in [-0.4, -0.2) is 38.3 Å². The molecule has 0 N–H and O–H groups in total. The highest BCUT2D eigenvalue weighted by atomic mass is 19.1. The van der Waals surface area contributed by atoms with Gasteiger partial charge in [-0.15, -0.1) is 0 Å². The van der Waals surface area contributed by atoms with Crippen molar-refractivity contribution in [2.45, 2.75) is 25.6 Å². The summed E-state index contributed by atoms with van der Waals surface area (Å²) in [5.74, 6) is 0.108. The molecule has 1 aromatic rings. The average Bonchev–Trinajstić information content (AvgIpc) is 2.38. The van der Waals surface area contributed by atoms with E-state index in [0.717, 1.165) is 5.56 Å². The monoisotopic (exact) mass is 268 g/mol. The van der Waals surface area contributed by atoms with E-state index in [0.29, 0.717) is 25.4 Å². The molecule has 104 valence electrons. The number of hydrogen-bond donors (Lipinski definition) is 0. The van der Waals surface area contributed by atoms with Gasteiger partial charge in [0.15, 0.2) is 11.9 Å². The molecule has 0 aliphatic heterocycles. The molecule has 0 saturated heterocycles. The predicted octanol–water partition coefficient (Wildman–Crippen LogP) is 1.89. The van der Waals surface area contributed by atoms with Gasteiger partial charge in [0.05, 0.1) is 13.2 Å². The zero-order valence-corrected chi connectivity index (χ0v) is 11.0. The molecule has 1 aliphatic rings. The lowest BCUT2D eigenvalue weighted by molar-refractivity contribution is -0.156. The van der Waals surface area contributed by atoms with Gasteiger partial charge < -0.3 is 14.2 Å². The van der Waals surface area contributed by atoms with Gasteiger partial charge in [0.25, 0.3) is 0 Å². The largest absolute Gasteiger partial charge is 0.486 e. The number of carbonyl (C=O) groups is 1. The third-order valence-electron chi connectivity index (χ3n) is 3.07. The molecule has 1 saturated carbocycles. The van der Waals surface area contributed by atoms with Crippen LogP contribution in [0.1, 0.15) is 12.0 Å². The van der Waals surface area contributed by atoms with Gasteiger partial charge in [-0.25, -0.2) is 4.39 Å². The molecule has 0 aromatic heterocycles. The molecule has 5 heteroatoms. The highest BCUT2D eigenvalue weighted by Crippen LogP contribution is 2.28. The Morgan fingerprint density at radius 2 is 2.16 bits per heavy atom. The molecule has 0 radical (unpaired) electrons. The first-order chi connectivity index (χ1) is 9.11. The van der Waals surface area contributed by atoms with E-state index in [1.807, 2.05) is 6.92 Å². The predicted molar refractivity (Wildman–Crippen MR) is 66.8 cm³/mol. The van der Waals surface area contributed by atoms with Crippen LogP contribution in [-0.2, 0) is 14.3 Å². The fourth-order valence-electron chi connectivity index (χ4n) is 1.89. The van der Waals surface area contributed by atoms with Crippen LogP contribution in [0.5, 0.6) is 5.75 Å². The summed E-state index contributed by atoms with van der Waals surface area (Å²) in [6, 6.07) is 4.34. The Morgan fingerprint density at radius 1 is 1.37 bits per heavy atom. The van der Waals surface area contributed by atoms with E-state index < -0.39 is 6.10 Å². The molecule has 19 heavy (non-hydrogen) atoms. The quantitative estimate of drug-likeness (QED) is 0.739. The van der Waals surface area contributed by atoms with Gasteiger partial charge in [0, 0.05) is 19.6 Å². The highest BCUT2D eigenvalue weighted by Gasteiger charge is 2.42. The summed E-state index contributed by atoms with van der Waals surface area (Å²) in [6.07, 6.45) is -0.615. The normalized spacial score (nSPS) is 22.2. The maximum absolute atomic E-state index is 13.1. The highest BCUT2D eigenvalue weighted by molar-refractivity contribution is 5.90. The van der Waals surface area contributed by atoms with Crippen molar-refractivity contribution in [3.05, 3.63) is 29.6 Å². The fraction of sp³-hybridized carbons (Fsp3) is 0.500. The van der Waals surface area contributed by atoms with Crippen molar-refractivity contribution in [3.8, 4) is 5.75 Å². The second kappa shape index (κ2) is 6.12.